The molecule has 2 aromatic rings. The molecule has 0 saturated heterocycles. The molecule has 0 radical (unpaired) electrons. The molecule has 0 saturated carbocycles. The Hall–Kier alpha value is -2.45. The van der Waals surface area contributed by atoms with Gasteiger partial charge in [-0.15, -0.1) is 5.10 Å². The molecule has 2 heterocycles. The molecule has 21 heavy (non-hydrogen) atoms. The number of anilines is 1. The predicted molar refractivity (Wildman–Crippen MR) is 68.7 cm³/mol. The summed E-state index contributed by atoms with van der Waals surface area (Å²) in [6.07, 6.45) is -4.55. The molecule has 2 aromatic heterocycles. The fourth-order valence-electron chi connectivity index (χ4n) is 1.73. The summed E-state index contributed by atoms with van der Waals surface area (Å²) in [5.41, 5.74) is -0.646. The number of aromatic nitrogens is 4. The summed E-state index contributed by atoms with van der Waals surface area (Å²) >= 11 is 0. The predicted octanol–water partition coefficient (Wildman–Crippen LogP) is 1.81. The lowest BCUT2D eigenvalue weighted by Crippen LogP contribution is -2.17. The zero-order valence-corrected chi connectivity index (χ0v) is 11.2. The third kappa shape index (κ3) is 3.77. The SMILES string of the molecule is Cc1cc(C(F)(F)F)c(NCc2nc(C)cc(=O)[nH]2)nn1. The van der Waals surface area contributed by atoms with Crippen LogP contribution in [0, 0.1) is 13.8 Å². The van der Waals surface area contributed by atoms with Crippen molar-refractivity contribution in [1.82, 2.24) is 20.2 Å². The summed E-state index contributed by atoms with van der Waals surface area (Å²) in [5.74, 6) is -0.187. The number of halogens is 3. The van der Waals surface area contributed by atoms with E-state index in [0.29, 0.717) is 5.69 Å². The highest BCUT2D eigenvalue weighted by Gasteiger charge is 2.35. The first-order valence-corrected chi connectivity index (χ1v) is 5.98. The summed E-state index contributed by atoms with van der Waals surface area (Å²) in [6.45, 7) is 2.94. The van der Waals surface area contributed by atoms with E-state index in [-0.39, 0.29) is 23.6 Å². The van der Waals surface area contributed by atoms with Gasteiger partial charge in [0.15, 0.2) is 5.82 Å². The Morgan fingerprint density at radius 1 is 1.19 bits per heavy atom. The number of alkyl halides is 3. The molecule has 0 aromatic carbocycles. The molecular weight excluding hydrogens is 287 g/mol. The fourth-order valence-corrected chi connectivity index (χ4v) is 1.73. The first-order chi connectivity index (χ1) is 9.75. The number of hydrogen-bond acceptors (Lipinski definition) is 5. The normalized spacial score (nSPS) is 11.5. The second-order valence-electron chi connectivity index (χ2n) is 4.43. The monoisotopic (exact) mass is 299 g/mol. The topological polar surface area (TPSA) is 83.6 Å². The first kappa shape index (κ1) is 14.9. The highest BCUT2D eigenvalue weighted by Crippen LogP contribution is 2.33. The van der Waals surface area contributed by atoms with Crippen LogP contribution in [-0.2, 0) is 12.7 Å². The number of H-pyrrole nitrogens is 1. The molecule has 0 aliphatic rings. The molecule has 0 spiro atoms. The van der Waals surface area contributed by atoms with E-state index in [1.807, 2.05) is 0 Å². The second-order valence-corrected chi connectivity index (χ2v) is 4.43. The van der Waals surface area contributed by atoms with Gasteiger partial charge in [-0.3, -0.25) is 4.79 Å². The minimum atomic E-state index is -4.55. The van der Waals surface area contributed by atoms with Gasteiger partial charge in [-0.2, -0.15) is 18.3 Å². The number of nitrogens with one attached hydrogen (secondary N) is 2. The molecular formula is C12H12F3N5O. The van der Waals surface area contributed by atoms with Gasteiger partial charge in [0.2, 0.25) is 0 Å². The Kier molecular flexibility index (Phi) is 3.92. The van der Waals surface area contributed by atoms with E-state index in [1.54, 1.807) is 6.92 Å². The Morgan fingerprint density at radius 3 is 2.52 bits per heavy atom. The maximum absolute atomic E-state index is 12.9. The van der Waals surface area contributed by atoms with Crippen molar-refractivity contribution in [3.05, 3.63) is 45.3 Å². The van der Waals surface area contributed by atoms with Gasteiger partial charge in [-0.1, -0.05) is 0 Å². The Balaban J connectivity index is 2.26. The maximum atomic E-state index is 12.9. The third-order valence-electron chi connectivity index (χ3n) is 2.56. The Morgan fingerprint density at radius 2 is 1.90 bits per heavy atom. The van der Waals surface area contributed by atoms with Crippen LogP contribution in [-0.4, -0.2) is 20.2 Å². The molecule has 9 heteroatoms. The summed E-state index contributed by atoms with van der Waals surface area (Å²) in [5, 5.41) is 9.59. The highest BCUT2D eigenvalue weighted by molar-refractivity contribution is 5.45. The van der Waals surface area contributed by atoms with Gasteiger partial charge in [-0.05, 0) is 19.9 Å². The van der Waals surface area contributed by atoms with Crippen LogP contribution in [0.5, 0.6) is 0 Å². The molecule has 0 unspecified atom stereocenters. The molecule has 0 bridgehead atoms. The summed E-state index contributed by atoms with van der Waals surface area (Å²) in [7, 11) is 0. The lowest BCUT2D eigenvalue weighted by molar-refractivity contribution is -0.137. The standard InChI is InChI=1S/C12H12F3N5O/c1-6-4-10(21)18-9(17-6)5-16-11-8(12(13,14)15)3-7(2)19-20-11/h3-4H,5H2,1-2H3,(H,16,20)(H,17,18,21). The van der Waals surface area contributed by atoms with Crippen molar-refractivity contribution in [2.75, 3.05) is 5.32 Å². The van der Waals surface area contributed by atoms with Crippen LogP contribution in [0.15, 0.2) is 16.9 Å². The average molecular weight is 299 g/mol. The molecule has 0 aliphatic carbocycles. The van der Waals surface area contributed by atoms with Gasteiger partial charge in [0.25, 0.3) is 5.56 Å². The lowest BCUT2D eigenvalue weighted by Gasteiger charge is -2.13. The van der Waals surface area contributed by atoms with Crippen LogP contribution >= 0.6 is 0 Å². The maximum Gasteiger partial charge on any atom is 0.420 e. The largest absolute Gasteiger partial charge is 0.420 e. The zero-order chi connectivity index (χ0) is 15.6. The Labute approximate surface area is 117 Å². The number of rotatable bonds is 3. The average Bonchev–Trinajstić information content (AvgIpc) is 2.35. The van der Waals surface area contributed by atoms with E-state index in [9.17, 15) is 18.0 Å². The molecule has 0 atom stereocenters. The third-order valence-corrected chi connectivity index (χ3v) is 2.56. The summed E-state index contributed by atoms with van der Waals surface area (Å²) < 4.78 is 38.7. The van der Waals surface area contributed by atoms with Crippen molar-refractivity contribution in [1.29, 1.82) is 0 Å². The van der Waals surface area contributed by atoms with Crippen LogP contribution in [0.3, 0.4) is 0 Å². The van der Waals surface area contributed by atoms with Crippen molar-refractivity contribution in [3.8, 4) is 0 Å². The van der Waals surface area contributed by atoms with E-state index in [4.69, 9.17) is 0 Å². The molecule has 112 valence electrons. The quantitative estimate of drug-likeness (QED) is 0.903. The van der Waals surface area contributed by atoms with E-state index in [2.05, 4.69) is 25.5 Å². The number of aryl methyl sites for hydroxylation is 2. The number of hydrogen-bond donors (Lipinski definition) is 2. The van der Waals surface area contributed by atoms with Crippen LogP contribution in [0.1, 0.15) is 22.8 Å². The molecule has 0 amide bonds. The first-order valence-electron chi connectivity index (χ1n) is 5.98. The van der Waals surface area contributed by atoms with Gasteiger partial charge in [0.05, 0.1) is 12.2 Å². The van der Waals surface area contributed by atoms with Crippen molar-refractivity contribution < 1.29 is 13.2 Å². The minimum Gasteiger partial charge on any atom is -0.361 e. The van der Waals surface area contributed by atoms with Crippen molar-refractivity contribution in [2.45, 2.75) is 26.6 Å². The Bertz CT molecular complexity index is 711. The highest BCUT2D eigenvalue weighted by atomic mass is 19.4. The molecule has 0 fully saturated rings. The number of aromatic amines is 1. The lowest BCUT2D eigenvalue weighted by atomic mass is 10.2. The van der Waals surface area contributed by atoms with Crippen LogP contribution in [0.2, 0.25) is 0 Å². The van der Waals surface area contributed by atoms with E-state index < -0.39 is 17.6 Å². The van der Waals surface area contributed by atoms with Crippen molar-refractivity contribution >= 4 is 5.82 Å². The molecule has 2 N–H and O–H groups in total. The van der Waals surface area contributed by atoms with Crippen molar-refractivity contribution in [2.24, 2.45) is 0 Å². The van der Waals surface area contributed by atoms with Gasteiger partial charge in [0, 0.05) is 11.8 Å². The molecule has 2 rings (SSSR count). The van der Waals surface area contributed by atoms with E-state index >= 15 is 0 Å². The van der Waals surface area contributed by atoms with Crippen LogP contribution in [0.4, 0.5) is 19.0 Å². The van der Waals surface area contributed by atoms with Crippen LogP contribution < -0.4 is 10.9 Å². The van der Waals surface area contributed by atoms with Crippen molar-refractivity contribution in [3.63, 3.8) is 0 Å². The zero-order valence-electron chi connectivity index (χ0n) is 11.2. The minimum absolute atomic E-state index is 0.0995. The van der Waals surface area contributed by atoms with Crippen LogP contribution in [0.25, 0.3) is 0 Å². The van der Waals surface area contributed by atoms with Gasteiger partial charge < -0.3 is 10.3 Å². The van der Waals surface area contributed by atoms with E-state index in [0.717, 1.165) is 6.07 Å². The smallest absolute Gasteiger partial charge is 0.361 e. The molecule has 0 aliphatic heterocycles. The summed E-state index contributed by atoms with van der Waals surface area (Å²) in [6, 6.07) is 2.19. The van der Waals surface area contributed by atoms with Gasteiger partial charge >= 0.3 is 6.18 Å². The molecule has 6 nitrogen and oxygen atoms in total. The van der Waals surface area contributed by atoms with E-state index in [1.165, 1.54) is 13.0 Å². The fraction of sp³-hybridized carbons (Fsp3) is 0.333. The second kappa shape index (κ2) is 5.51. The van der Waals surface area contributed by atoms with Gasteiger partial charge in [0.1, 0.15) is 11.4 Å². The summed E-state index contributed by atoms with van der Waals surface area (Å²) in [4.78, 5) is 17.7. The van der Waals surface area contributed by atoms with Gasteiger partial charge in [-0.25, -0.2) is 4.98 Å². The number of nitrogens with zero attached hydrogens (tertiary/aromatic N) is 3.